The molecule has 0 amide bonds. The van der Waals surface area contributed by atoms with Gasteiger partial charge in [0.15, 0.2) is 0 Å². The molecule has 1 aromatic rings. The van der Waals surface area contributed by atoms with Gasteiger partial charge in [-0.3, -0.25) is 0 Å². The van der Waals surface area contributed by atoms with Gasteiger partial charge in [0.1, 0.15) is 5.82 Å². The molecule has 1 aliphatic carbocycles. The molecule has 1 aliphatic rings. The zero-order chi connectivity index (χ0) is 15.2. The second kappa shape index (κ2) is 7.26. The van der Waals surface area contributed by atoms with Gasteiger partial charge in [0, 0.05) is 12.2 Å². The number of carboxylic acids is 1. The maximum Gasteiger partial charge on any atom is 0.337 e. The Morgan fingerprint density at radius 2 is 2.10 bits per heavy atom. The van der Waals surface area contributed by atoms with E-state index in [4.69, 9.17) is 15.6 Å². The van der Waals surface area contributed by atoms with Crippen molar-refractivity contribution in [3.8, 4) is 0 Å². The number of hydrogen-bond acceptors (Lipinski definition) is 4. The summed E-state index contributed by atoms with van der Waals surface area (Å²) in [7, 11) is 0. The van der Waals surface area contributed by atoms with Gasteiger partial charge < -0.3 is 20.9 Å². The third kappa shape index (κ3) is 4.32. The number of ether oxygens (including phenoxy) is 1. The summed E-state index contributed by atoms with van der Waals surface area (Å²) in [6.07, 6.45) is 6.14. The fourth-order valence-corrected chi connectivity index (χ4v) is 2.55. The lowest BCUT2D eigenvalue weighted by Crippen LogP contribution is -2.20. The molecule has 0 saturated heterocycles. The first-order valence-electron chi connectivity index (χ1n) is 7.25. The highest BCUT2D eigenvalue weighted by molar-refractivity contribution is 5.94. The molecular formula is C15H21FN2O3. The predicted molar refractivity (Wildman–Crippen MR) is 79.1 cm³/mol. The van der Waals surface area contributed by atoms with Crippen LogP contribution in [0.2, 0.25) is 0 Å². The number of rotatable bonds is 6. The van der Waals surface area contributed by atoms with Crippen molar-refractivity contribution in [2.45, 2.75) is 38.2 Å². The number of hydrogen-bond donors (Lipinski definition) is 3. The lowest BCUT2D eigenvalue weighted by atomic mass is 9.98. The van der Waals surface area contributed by atoms with Gasteiger partial charge in [0.05, 0.1) is 24.0 Å². The Morgan fingerprint density at radius 3 is 2.76 bits per heavy atom. The van der Waals surface area contributed by atoms with Crippen LogP contribution in [0.4, 0.5) is 15.8 Å². The molecule has 21 heavy (non-hydrogen) atoms. The third-order valence-electron chi connectivity index (χ3n) is 3.69. The van der Waals surface area contributed by atoms with Crippen LogP contribution in [0.3, 0.4) is 0 Å². The second-order valence-corrected chi connectivity index (χ2v) is 5.28. The molecule has 0 aromatic heterocycles. The van der Waals surface area contributed by atoms with Crippen molar-refractivity contribution >= 4 is 17.3 Å². The largest absolute Gasteiger partial charge is 0.478 e. The molecule has 0 unspecified atom stereocenters. The van der Waals surface area contributed by atoms with Crippen molar-refractivity contribution < 1.29 is 19.0 Å². The van der Waals surface area contributed by atoms with Gasteiger partial charge in [-0.1, -0.05) is 19.3 Å². The molecule has 0 aliphatic heterocycles. The number of aromatic carboxylic acids is 1. The van der Waals surface area contributed by atoms with E-state index in [0.717, 1.165) is 18.9 Å². The van der Waals surface area contributed by atoms with E-state index in [1.54, 1.807) is 0 Å². The van der Waals surface area contributed by atoms with Crippen LogP contribution in [0.25, 0.3) is 0 Å². The first-order chi connectivity index (χ1) is 10.1. The van der Waals surface area contributed by atoms with E-state index in [9.17, 15) is 9.18 Å². The summed E-state index contributed by atoms with van der Waals surface area (Å²) >= 11 is 0. The van der Waals surface area contributed by atoms with E-state index in [-0.39, 0.29) is 16.9 Å². The molecular weight excluding hydrogens is 275 g/mol. The molecule has 0 radical (unpaired) electrons. The topological polar surface area (TPSA) is 84.6 Å². The minimum atomic E-state index is -1.17. The smallest absolute Gasteiger partial charge is 0.337 e. The Hall–Kier alpha value is -1.82. The van der Waals surface area contributed by atoms with Crippen molar-refractivity contribution in [2.24, 2.45) is 0 Å². The second-order valence-electron chi connectivity index (χ2n) is 5.28. The van der Waals surface area contributed by atoms with Crippen molar-refractivity contribution in [1.29, 1.82) is 0 Å². The molecule has 0 heterocycles. The van der Waals surface area contributed by atoms with Crippen LogP contribution in [-0.4, -0.2) is 30.3 Å². The molecule has 1 aromatic carbocycles. The monoisotopic (exact) mass is 296 g/mol. The third-order valence-corrected chi connectivity index (χ3v) is 3.69. The summed E-state index contributed by atoms with van der Waals surface area (Å²) in [5, 5.41) is 11.8. The van der Waals surface area contributed by atoms with Crippen LogP contribution in [-0.2, 0) is 4.74 Å². The molecule has 2 rings (SSSR count). The highest BCUT2D eigenvalue weighted by Gasteiger charge is 2.14. The zero-order valence-electron chi connectivity index (χ0n) is 11.9. The molecule has 6 heteroatoms. The Kier molecular flexibility index (Phi) is 5.38. The zero-order valence-corrected chi connectivity index (χ0v) is 11.9. The van der Waals surface area contributed by atoms with Gasteiger partial charge in [-0.15, -0.1) is 0 Å². The minimum Gasteiger partial charge on any atom is -0.478 e. The average molecular weight is 296 g/mol. The summed E-state index contributed by atoms with van der Waals surface area (Å²) in [4.78, 5) is 11.0. The number of halogens is 1. The highest BCUT2D eigenvalue weighted by atomic mass is 19.1. The SMILES string of the molecule is Nc1cc(F)c(NCCOC2CCCCC2)cc1C(=O)O. The minimum absolute atomic E-state index is 0.0796. The number of nitrogen functional groups attached to an aromatic ring is 1. The standard InChI is InChI=1S/C15H21FN2O3/c16-12-9-13(17)11(15(19)20)8-14(12)18-6-7-21-10-4-2-1-3-5-10/h8-10,18H,1-7,17H2,(H,19,20). The van der Waals surface area contributed by atoms with E-state index >= 15 is 0 Å². The maximum absolute atomic E-state index is 13.7. The van der Waals surface area contributed by atoms with Crippen LogP contribution in [0.5, 0.6) is 0 Å². The van der Waals surface area contributed by atoms with Gasteiger partial charge in [0.25, 0.3) is 0 Å². The fraction of sp³-hybridized carbons (Fsp3) is 0.533. The van der Waals surface area contributed by atoms with Crippen molar-refractivity contribution in [3.63, 3.8) is 0 Å². The summed E-state index contributed by atoms with van der Waals surface area (Å²) in [5.41, 5.74) is 5.42. The first kappa shape index (κ1) is 15.6. The number of carboxylic acid groups (broad SMARTS) is 1. The van der Waals surface area contributed by atoms with Gasteiger partial charge >= 0.3 is 5.97 Å². The van der Waals surface area contributed by atoms with E-state index in [1.165, 1.54) is 25.3 Å². The lowest BCUT2D eigenvalue weighted by Gasteiger charge is -2.22. The van der Waals surface area contributed by atoms with Gasteiger partial charge in [-0.2, -0.15) is 0 Å². The van der Waals surface area contributed by atoms with Crippen LogP contribution >= 0.6 is 0 Å². The summed E-state index contributed by atoms with van der Waals surface area (Å²) in [5.74, 6) is -1.73. The molecule has 0 bridgehead atoms. The maximum atomic E-state index is 13.7. The first-order valence-corrected chi connectivity index (χ1v) is 7.25. The molecule has 0 atom stereocenters. The van der Waals surface area contributed by atoms with Gasteiger partial charge in [0.2, 0.25) is 0 Å². The molecule has 1 fully saturated rings. The van der Waals surface area contributed by atoms with E-state index in [1.807, 2.05) is 0 Å². The van der Waals surface area contributed by atoms with Crippen LogP contribution in [0, 0.1) is 5.82 Å². The van der Waals surface area contributed by atoms with Crippen LogP contribution < -0.4 is 11.1 Å². The Morgan fingerprint density at radius 1 is 1.38 bits per heavy atom. The Labute approximate surface area is 123 Å². The quantitative estimate of drug-likeness (QED) is 0.555. The van der Waals surface area contributed by atoms with Gasteiger partial charge in [-0.05, 0) is 25.0 Å². The number of benzene rings is 1. The van der Waals surface area contributed by atoms with Crippen LogP contribution in [0.1, 0.15) is 42.5 Å². The van der Waals surface area contributed by atoms with E-state index in [0.29, 0.717) is 19.3 Å². The molecule has 116 valence electrons. The fourth-order valence-electron chi connectivity index (χ4n) is 2.55. The number of nitrogens with two attached hydrogens (primary N) is 1. The normalized spacial score (nSPS) is 15.9. The van der Waals surface area contributed by atoms with Crippen molar-refractivity contribution in [1.82, 2.24) is 0 Å². The highest BCUT2D eigenvalue weighted by Crippen LogP contribution is 2.23. The molecule has 0 spiro atoms. The summed E-state index contributed by atoms with van der Waals surface area (Å²) in [6.45, 7) is 0.896. The predicted octanol–water partition coefficient (Wildman–Crippen LogP) is 2.87. The number of anilines is 2. The molecule has 5 nitrogen and oxygen atoms in total. The molecule has 1 saturated carbocycles. The van der Waals surface area contributed by atoms with E-state index in [2.05, 4.69) is 5.32 Å². The Balaban J connectivity index is 1.85. The van der Waals surface area contributed by atoms with Crippen molar-refractivity contribution in [2.75, 3.05) is 24.2 Å². The number of nitrogens with one attached hydrogen (secondary N) is 1. The average Bonchev–Trinajstić information content (AvgIpc) is 2.46. The van der Waals surface area contributed by atoms with Gasteiger partial charge in [-0.25, -0.2) is 9.18 Å². The van der Waals surface area contributed by atoms with Crippen LogP contribution in [0.15, 0.2) is 12.1 Å². The van der Waals surface area contributed by atoms with Crippen molar-refractivity contribution in [3.05, 3.63) is 23.5 Å². The molecule has 4 N–H and O–H groups in total. The lowest BCUT2D eigenvalue weighted by molar-refractivity contribution is 0.0347. The summed E-state index contributed by atoms with van der Waals surface area (Å²) < 4.78 is 19.4. The summed E-state index contributed by atoms with van der Waals surface area (Å²) in [6, 6.07) is 2.24. The van der Waals surface area contributed by atoms with E-state index < -0.39 is 11.8 Å². The Bertz CT molecular complexity index is 502. The number of carbonyl (C=O) groups is 1.